The molecule has 0 heterocycles. The summed E-state index contributed by atoms with van der Waals surface area (Å²) in [4.78, 5) is 11.3. The summed E-state index contributed by atoms with van der Waals surface area (Å²) in [5, 5.41) is 9.23. The lowest BCUT2D eigenvalue weighted by Crippen LogP contribution is -2.00. The Morgan fingerprint density at radius 3 is 2.42 bits per heavy atom. The molecule has 0 atom stereocenters. The van der Waals surface area contributed by atoms with Gasteiger partial charge in [0.15, 0.2) is 0 Å². The van der Waals surface area contributed by atoms with Crippen molar-refractivity contribution in [3.8, 4) is 0 Å². The van der Waals surface area contributed by atoms with Crippen molar-refractivity contribution in [1.82, 2.24) is 0 Å². The Balaban J connectivity index is 2.46. The van der Waals surface area contributed by atoms with Gasteiger partial charge in [-0.1, -0.05) is 24.3 Å². The molecule has 0 amide bonds. The molecule has 4 heteroatoms. The van der Waals surface area contributed by atoms with E-state index >= 15 is 0 Å². The van der Waals surface area contributed by atoms with Crippen LogP contribution in [0.4, 0.5) is 10.1 Å². The maximum atomic E-state index is 13.1. The number of carboxylic acids is 1. The van der Waals surface area contributed by atoms with E-state index in [0.29, 0.717) is 16.8 Å². The smallest absolute Gasteiger partial charge is 0.336 e. The lowest BCUT2D eigenvalue weighted by molar-refractivity contribution is -0.130. The van der Waals surface area contributed by atoms with Crippen molar-refractivity contribution >= 4 is 23.3 Å². The fourth-order valence-corrected chi connectivity index (χ4v) is 1.69. The second kappa shape index (κ2) is 5.35. The van der Waals surface area contributed by atoms with Crippen LogP contribution in [0.5, 0.6) is 0 Å². The van der Waals surface area contributed by atoms with E-state index in [1.165, 1.54) is 24.3 Å². The van der Waals surface area contributed by atoms with Gasteiger partial charge in [0.1, 0.15) is 5.82 Å². The lowest BCUT2D eigenvalue weighted by atomic mass is 10.0. The van der Waals surface area contributed by atoms with Crippen LogP contribution in [0.2, 0.25) is 0 Å². The number of hydrogen-bond acceptors (Lipinski definition) is 2. The fraction of sp³-hybridized carbons (Fsp3) is 0. The summed E-state index contributed by atoms with van der Waals surface area (Å²) in [5.41, 5.74) is 7.22. The van der Waals surface area contributed by atoms with E-state index in [1.807, 2.05) is 0 Å². The molecule has 0 saturated carbocycles. The van der Waals surface area contributed by atoms with Crippen molar-refractivity contribution in [1.29, 1.82) is 0 Å². The third-order valence-electron chi connectivity index (χ3n) is 2.61. The third-order valence-corrected chi connectivity index (χ3v) is 2.61. The maximum absolute atomic E-state index is 13.1. The molecule has 2 rings (SSSR count). The van der Waals surface area contributed by atoms with Gasteiger partial charge in [-0.15, -0.1) is 0 Å². The third kappa shape index (κ3) is 3.19. The topological polar surface area (TPSA) is 63.3 Å². The second-order valence-corrected chi connectivity index (χ2v) is 4.04. The van der Waals surface area contributed by atoms with Gasteiger partial charge in [0.05, 0.1) is 5.57 Å². The van der Waals surface area contributed by atoms with Crippen LogP contribution in [0.1, 0.15) is 11.1 Å². The number of rotatable bonds is 3. The number of anilines is 1. The largest absolute Gasteiger partial charge is 0.478 e. The van der Waals surface area contributed by atoms with E-state index in [4.69, 9.17) is 5.73 Å². The molecule has 19 heavy (non-hydrogen) atoms. The molecular formula is C15H12FNO2. The average Bonchev–Trinajstić information content (AvgIpc) is 2.37. The van der Waals surface area contributed by atoms with Crippen LogP contribution in [0.25, 0.3) is 11.6 Å². The molecule has 0 aliphatic rings. The predicted octanol–water partition coefficient (Wildman–Crippen LogP) is 3.03. The lowest BCUT2D eigenvalue weighted by Gasteiger charge is -2.04. The minimum atomic E-state index is -1.07. The van der Waals surface area contributed by atoms with Crippen LogP contribution in [-0.4, -0.2) is 11.1 Å². The predicted molar refractivity (Wildman–Crippen MR) is 72.8 cm³/mol. The van der Waals surface area contributed by atoms with Crippen molar-refractivity contribution in [2.45, 2.75) is 0 Å². The minimum absolute atomic E-state index is 0.0885. The number of carbonyl (C=O) groups is 1. The summed E-state index contributed by atoms with van der Waals surface area (Å²) in [6.07, 6.45) is 1.43. The number of halogens is 1. The Kier molecular flexibility index (Phi) is 3.61. The monoisotopic (exact) mass is 257 g/mol. The average molecular weight is 257 g/mol. The number of aliphatic carboxylic acids is 1. The van der Waals surface area contributed by atoms with Gasteiger partial charge >= 0.3 is 5.97 Å². The van der Waals surface area contributed by atoms with Crippen molar-refractivity contribution in [2.24, 2.45) is 0 Å². The van der Waals surface area contributed by atoms with Gasteiger partial charge in [0, 0.05) is 5.69 Å². The van der Waals surface area contributed by atoms with E-state index < -0.39 is 11.8 Å². The van der Waals surface area contributed by atoms with Crippen molar-refractivity contribution in [3.63, 3.8) is 0 Å². The zero-order valence-corrected chi connectivity index (χ0v) is 10.0. The minimum Gasteiger partial charge on any atom is -0.478 e. The normalized spacial score (nSPS) is 11.3. The molecule has 0 aliphatic heterocycles. The number of carboxylic acid groups (broad SMARTS) is 1. The summed E-state index contributed by atoms with van der Waals surface area (Å²) in [6.45, 7) is 0. The summed E-state index contributed by atoms with van der Waals surface area (Å²) >= 11 is 0. The molecular weight excluding hydrogens is 245 g/mol. The van der Waals surface area contributed by atoms with Gasteiger partial charge in [-0.2, -0.15) is 0 Å². The van der Waals surface area contributed by atoms with Crippen LogP contribution in [-0.2, 0) is 4.79 Å². The van der Waals surface area contributed by atoms with E-state index in [1.54, 1.807) is 30.3 Å². The highest BCUT2D eigenvalue weighted by Gasteiger charge is 2.10. The molecule has 0 fully saturated rings. The van der Waals surface area contributed by atoms with E-state index in [0.717, 1.165) is 0 Å². The molecule has 0 aliphatic carbocycles. The Hall–Kier alpha value is -2.62. The first-order valence-corrected chi connectivity index (χ1v) is 5.63. The van der Waals surface area contributed by atoms with Gasteiger partial charge in [0.2, 0.25) is 0 Å². The molecule has 2 aromatic carbocycles. The Morgan fingerprint density at radius 1 is 1.16 bits per heavy atom. The highest BCUT2D eigenvalue weighted by Crippen LogP contribution is 2.20. The first-order valence-electron chi connectivity index (χ1n) is 5.63. The first kappa shape index (κ1) is 12.8. The summed E-state index contributed by atoms with van der Waals surface area (Å²) < 4.78 is 13.1. The highest BCUT2D eigenvalue weighted by atomic mass is 19.1. The number of nitrogens with two attached hydrogens (primary N) is 1. The molecule has 0 spiro atoms. The van der Waals surface area contributed by atoms with E-state index in [-0.39, 0.29) is 5.57 Å². The molecule has 3 N–H and O–H groups in total. The Morgan fingerprint density at radius 2 is 1.84 bits per heavy atom. The van der Waals surface area contributed by atoms with Crippen LogP contribution in [0, 0.1) is 5.82 Å². The Labute approximate surface area is 109 Å². The standard InChI is InChI=1S/C15H12FNO2/c16-12-3-1-2-10(8-12)9-14(15(18)19)11-4-6-13(17)7-5-11/h1-9H,17H2,(H,18,19)/b14-9-. The van der Waals surface area contributed by atoms with Crippen LogP contribution in [0.15, 0.2) is 48.5 Å². The van der Waals surface area contributed by atoms with Crippen LogP contribution in [0.3, 0.4) is 0 Å². The molecule has 0 bridgehead atoms. The molecule has 0 saturated heterocycles. The fourth-order valence-electron chi connectivity index (χ4n) is 1.69. The van der Waals surface area contributed by atoms with E-state index in [9.17, 15) is 14.3 Å². The molecule has 0 radical (unpaired) electrons. The van der Waals surface area contributed by atoms with Gasteiger partial charge < -0.3 is 10.8 Å². The zero-order chi connectivity index (χ0) is 13.8. The molecule has 0 aromatic heterocycles. The summed E-state index contributed by atoms with van der Waals surface area (Å²) in [6, 6.07) is 12.2. The highest BCUT2D eigenvalue weighted by molar-refractivity contribution is 6.20. The van der Waals surface area contributed by atoms with Gasteiger partial charge in [-0.05, 0) is 41.5 Å². The zero-order valence-electron chi connectivity index (χ0n) is 10.0. The Bertz CT molecular complexity index is 633. The second-order valence-electron chi connectivity index (χ2n) is 4.04. The van der Waals surface area contributed by atoms with E-state index in [2.05, 4.69) is 0 Å². The molecule has 0 unspecified atom stereocenters. The molecule has 96 valence electrons. The summed E-state index contributed by atoms with van der Waals surface area (Å²) in [5.74, 6) is -1.48. The quantitative estimate of drug-likeness (QED) is 0.504. The SMILES string of the molecule is Nc1ccc(/C(=C/c2cccc(F)c2)C(=O)O)cc1. The van der Waals surface area contributed by atoms with Crippen molar-refractivity contribution < 1.29 is 14.3 Å². The molecule has 3 nitrogen and oxygen atoms in total. The van der Waals surface area contributed by atoms with Crippen LogP contribution < -0.4 is 5.73 Å². The molecule has 2 aromatic rings. The number of hydrogen-bond donors (Lipinski definition) is 2. The van der Waals surface area contributed by atoms with Crippen molar-refractivity contribution in [2.75, 3.05) is 5.73 Å². The maximum Gasteiger partial charge on any atom is 0.336 e. The first-order chi connectivity index (χ1) is 9.06. The van der Waals surface area contributed by atoms with Crippen LogP contribution >= 0.6 is 0 Å². The summed E-state index contributed by atoms with van der Waals surface area (Å²) in [7, 11) is 0. The van der Waals surface area contributed by atoms with Gasteiger partial charge in [-0.3, -0.25) is 0 Å². The van der Waals surface area contributed by atoms with Gasteiger partial charge in [-0.25, -0.2) is 9.18 Å². The number of nitrogen functional groups attached to an aromatic ring is 1. The van der Waals surface area contributed by atoms with Crippen molar-refractivity contribution in [3.05, 3.63) is 65.5 Å². The number of benzene rings is 2. The van der Waals surface area contributed by atoms with Gasteiger partial charge in [0.25, 0.3) is 0 Å².